The number of hydrogen-bond donors (Lipinski definition) is 4. The molecule has 4 N–H and O–H groups in total. The van der Waals surface area contributed by atoms with Crippen molar-refractivity contribution in [1.82, 2.24) is 20.9 Å². The maximum absolute atomic E-state index is 13.3. The monoisotopic (exact) mass is 474 g/mol. The van der Waals surface area contributed by atoms with Crippen LogP contribution < -0.4 is 16.0 Å². The highest BCUT2D eigenvalue weighted by atomic mass is 32.2. The summed E-state index contributed by atoms with van der Waals surface area (Å²) in [6, 6.07) is -2.66. The van der Waals surface area contributed by atoms with Crippen LogP contribution in [0.3, 0.4) is 0 Å². The van der Waals surface area contributed by atoms with Crippen molar-refractivity contribution in [1.29, 1.82) is 0 Å². The summed E-state index contributed by atoms with van der Waals surface area (Å²) in [6.45, 7) is 1.21. The van der Waals surface area contributed by atoms with Crippen molar-refractivity contribution in [3.05, 3.63) is 0 Å². The van der Waals surface area contributed by atoms with E-state index in [9.17, 15) is 24.3 Å². The second-order valence-electron chi connectivity index (χ2n) is 7.86. The first-order chi connectivity index (χ1) is 14.9. The SMILES string of the molecule is CSCCC(NC(=O)C1CCCN1C(=O)C(CCSC)NC(=O)C1CCCN1)C(=O)O. The van der Waals surface area contributed by atoms with Crippen LogP contribution in [-0.4, -0.2) is 95.0 Å². The Balaban J connectivity index is 2.05. The van der Waals surface area contributed by atoms with Gasteiger partial charge in [-0.3, -0.25) is 14.4 Å². The quantitative estimate of drug-likeness (QED) is 0.318. The van der Waals surface area contributed by atoms with Gasteiger partial charge in [0, 0.05) is 6.54 Å². The Bertz CT molecular complexity index is 645. The summed E-state index contributed by atoms with van der Waals surface area (Å²) >= 11 is 3.10. The predicted molar refractivity (Wildman–Crippen MR) is 123 cm³/mol. The molecule has 2 rings (SSSR count). The molecule has 0 aromatic carbocycles. The second kappa shape index (κ2) is 13.2. The molecular weight excluding hydrogens is 440 g/mol. The van der Waals surface area contributed by atoms with E-state index in [1.54, 1.807) is 11.8 Å². The maximum Gasteiger partial charge on any atom is 0.326 e. The highest BCUT2D eigenvalue weighted by Gasteiger charge is 2.39. The van der Waals surface area contributed by atoms with Crippen LogP contribution in [0.5, 0.6) is 0 Å². The number of thioether (sulfide) groups is 2. The molecule has 2 saturated heterocycles. The molecule has 3 amide bonds. The molecule has 0 aliphatic carbocycles. The van der Waals surface area contributed by atoms with Crippen molar-refractivity contribution in [3.8, 4) is 0 Å². The van der Waals surface area contributed by atoms with E-state index in [2.05, 4.69) is 16.0 Å². The summed E-state index contributed by atoms with van der Waals surface area (Å²) in [4.78, 5) is 51.7. The van der Waals surface area contributed by atoms with E-state index in [4.69, 9.17) is 0 Å². The molecule has 0 bridgehead atoms. The first-order valence-electron chi connectivity index (χ1n) is 10.7. The number of carboxylic acids is 1. The fourth-order valence-corrected chi connectivity index (χ4v) is 4.88. The molecule has 2 aliphatic rings. The standard InChI is InChI=1S/C20H34N4O5S2/c1-30-11-7-14(22-17(25)13-5-3-9-21-13)19(27)24-10-4-6-16(24)18(26)23-15(20(28)29)8-12-31-2/h13-16,21H,3-12H2,1-2H3,(H,22,25)(H,23,26)(H,28,29). The minimum absolute atomic E-state index is 0.180. The van der Waals surface area contributed by atoms with Crippen molar-refractivity contribution >= 4 is 47.2 Å². The zero-order chi connectivity index (χ0) is 22.8. The first-order valence-corrected chi connectivity index (χ1v) is 13.5. The van der Waals surface area contributed by atoms with Gasteiger partial charge in [-0.1, -0.05) is 0 Å². The lowest BCUT2D eigenvalue weighted by Gasteiger charge is -2.30. The molecule has 0 radical (unpaired) electrons. The van der Waals surface area contributed by atoms with Gasteiger partial charge in [0.1, 0.15) is 18.1 Å². The van der Waals surface area contributed by atoms with Gasteiger partial charge in [0.15, 0.2) is 0 Å². The number of carboxylic acid groups (broad SMARTS) is 1. The van der Waals surface area contributed by atoms with Crippen molar-refractivity contribution in [3.63, 3.8) is 0 Å². The summed E-state index contributed by atoms with van der Waals surface area (Å²) in [5, 5.41) is 18.0. The van der Waals surface area contributed by atoms with Gasteiger partial charge >= 0.3 is 5.97 Å². The Morgan fingerprint density at radius 3 is 2.23 bits per heavy atom. The lowest BCUT2D eigenvalue weighted by Crippen LogP contribution is -2.56. The lowest BCUT2D eigenvalue weighted by molar-refractivity contribution is -0.145. The van der Waals surface area contributed by atoms with E-state index < -0.39 is 30.0 Å². The molecule has 11 heteroatoms. The molecule has 0 aromatic heterocycles. The number of carbonyl (C=O) groups excluding carboxylic acids is 3. The smallest absolute Gasteiger partial charge is 0.326 e. The molecule has 0 aromatic rings. The Labute approximate surface area is 192 Å². The third-order valence-corrected chi connectivity index (χ3v) is 6.95. The Hall–Kier alpha value is -1.46. The summed E-state index contributed by atoms with van der Waals surface area (Å²) in [6.07, 6.45) is 7.45. The molecule has 9 nitrogen and oxygen atoms in total. The number of aliphatic carboxylic acids is 1. The fourth-order valence-electron chi connectivity index (χ4n) is 3.94. The topological polar surface area (TPSA) is 128 Å². The summed E-state index contributed by atoms with van der Waals surface area (Å²) in [5.41, 5.74) is 0. The highest BCUT2D eigenvalue weighted by molar-refractivity contribution is 7.98. The Morgan fingerprint density at radius 1 is 1.00 bits per heavy atom. The molecule has 176 valence electrons. The molecule has 2 heterocycles. The number of amides is 3. The number of likely N-dealkylation sites (tertiary alicyclic amines) is 1. The zero-order valence-electron chi connectivity index (χ0n) is 18.2. The van der Waals surface area contributed by atoms with Crippen LogP contribution in [0.2, 0.25) is 0 Å². The van der Waals surface area contributed by atoms with Crippen LogP contribution >= 0.6 is 23.5 Å². The van der Waals surface area contributed by atoms with Gasteiger partial charge in [0.25, 0.3) is 0 Å². The number of nitrogens with zero attached hydrogens (tertiary/aromatic N) is 1. The van der Waals surface area contributed by atoms with Gasteiger partial charge in [0.05, 0.1) is 6.04 Å². The summed E-state index contributed by atoms with van der Waals surface area (Å²) < 4.78 is 0. The third kappa shape index (κ3) is 7.57. The Kier molecular flexibility index (Phi) is 11.0. The van der Waals surface area contributed by atoms with E-state index in [1.165, 1.54) is 16.7 Å². The van der Waals surface area contributed by atoms with Crippen molar-refractivity contribution in [2.24, 2.45) is 0 Å². The number of rotatable bonds is 12. The van der Waals surface area contributed by atoms with Gasteiger partial charge in [-0.05, 0) is 69.1 Å². The van der Waals surface area contributed by atoms with E-state index >= 15 is 0 Å². The minimum atomic E-state index is -1.08. The zero-order valence-corrected chi connectivity index (χ0v) is 19.9. The van der Waals surface area contributed by atoms with Crippen LogP contribution in [0, 0.1) is 0 Å². The van der Waals surface area contributed by atoms with Crippen LogP contribution in [0.25, 0.3) is 0 Å². The van der Waals surface area contributed by atoms with E-state index in [0.717, 1.165) is 19.4 Å². The number of hydrogen-bond acceptors (Lipinski definition) is 7. The fraction of sp³-hybridized carbons (Fsp3) is 0.800. The van der Waals surface area contributed by atoms with Crippen LogP contribution in [0.4, 0.5) is 0 Å². The Morgan fingerprint density at radius 2 is 1.65 bits per heavy atom. The molecule has 31 heavy (non-hydrogen) atoms. The minimum Gasteiger partial charge on any atom is -0.480 e. The highest BCUT2D eigenvalue weighted by Crippen LogP contribution is 2.20. The normalized spacial score (nSPS) is 22.7. The average molecular weight is 475 g/mol. The van der Waals surface area contributed by atoms with Crippen molar-refractivity contribution in [2.45, 2.75) is 62.7 Å². The van der Waals surface area contributed by atoms with Gasteiger partial charge in [-0.15, -0.1) is 0 Å². The van der Waals surface area contributed by atoms with E-state index in [0.29, 0.717) is 43.7 Å². The van der Waals surface area contributed by atoms with E-state index in [1.807, 2.05) is 12.5 Å². The molecule has 2 fully saturated rings. The average Bonchev–Trinajstić information content (AvgIpc) is 3.45. The van der Waals surface area contributed by atoms with Crippen LogP contribution in [-0.2, 0) is 19.2 Å². The molecule has 0 spiro atoms. The van der Waals surface area contributed by atoms with Crippen molar-refractivity contribution in [2.75, 3.05) is 37.1 Å². The molecule has 4 unspecified atom stereocenters. The third-order valence-electron chi connectivity index (χ3n) is 5.67. The maximum atomic E-state index is 13.3. The summed E-state index contributed by atoms with van der Waals surface area (Å²) in [5.74, 6) is -0.647. The van der Waals surface area contributed by atoms with E-state index in [-0.39, 0.29) is 17.9 Å². The summed E-state index contributed by atoms with van der Waals surface area (Å²) in [7, 11) is 0. The predicted octanol–water partition coefficient (Wildman–Crippen LogP) is 0.290. The van der Waals surface area contributed by atoms with Crippen molar-refractivity contribution < 1.29 is 24.3 Å². The molecule has 4 atom stereocenters. The second-order valence-corrected chi connectivity index (χ2v) is 9.83. The first kappa shape index (κ1) is 25.8. The van der Waals surface area contributed by atoms with Gasteiger partial charge in [0.2, 0.25) is 17.7 Å². The number of carbonyl (C=O) groups is 4. The van der Waals surface area contributed by atoms with Crippen LogP contribution in [0.15, 0.2) is 0 Å². The number of nitrogens with one attached hydrogen (secondary N) is 3. The lowest BCUT2D eigenvalue weighted by atomic mass is 10.1. The largest absolute Gasteiger partial charge is 0.480 e. The molecule has 0 saturated carbocycles. The van der Waals surface area contributed by atoms with Gasteiger partial charge in [-0.2, -0.15) is 23.5 Å². The van der Waals surface area contributed by atoms with Gasteiger partial charge < -0.3 is 26.0 Å². The van der Waals surface area contributed by atoms with Crippen LogP contribution in [0.1, 0.15) is 38.5 Å². The van der Waals surface area contributed by atoms with Gasteiger partial charge in [-0.25, -0.2) is 4.79 Å². The molecule has 2 aliphatic heterocycles. The molecular formula is C20H34N4O5S2.